The Kier molecular flexibility index (Phi) is 4.94. The molecule has 0 heterocycles. The topological polar surface area (TPSA) is 23.6 Å². The van der Waals surface area contributed by atoms with Crippen molar-refractivity contribution in [1.82, 2.24) is 9.80 Å². The monoisotopic (exact) mass is 168 g/mol. The lowest BCUT2D eigenvalue weighted by atomic mass is 10.5. The van der Waals surface area contributed by atoms with E-state index >= 15 is 0 Å². The van der Waals surface area contributed by atoms with Crippen LogP contribution in [0.2, 0.25) is 0 Å². The van der Waals surface area contributed by atoms with Crippen molar-refractivity contribution in [3.63, 3.8) is 0 Å². The van der Waals surface area contributed by atoms with Gasteiger partial charge in [-0.3, -0.25) is 4.79 Å². The average Bonchev–Trinajstić information content (AvgIpc) is 2.05. The minimum atomic E-state index is -0.151. The molecule has 0 atom stereocenters. The average molecular weight is 168 g/mol. The van der Waals surface area contributed by atoms with Crippen LogP contribution in [0.4, 0.5) is 0 Å². The second-order valence-electron chi connectivity index (χ2n) is 2.61. The Morgan fingerprint density at radius 2 is 1.75 bits per heavy atom. The normalized spacial score (nSPS) is 8.33. The fourth-order valence-electron chi connectivity index (χ4n) is 0.620. The number of hydrogen-bond acceptors (Lipinski definition) is 2. The summed E-state index contributed by atoms with van der Waals surface area (Å²) in [7, 11) is 3.39. The van der Waals surface area contributed by atoms with Gasteiger partial charge in [0.1, 0.15) is 0 Å². The molecule has 3 heteroatoms. The van der Waals surface area contributed by atoms with Gasteiger partial charge in [0.25, 0.3) is 5.91 Å². The largest absolute Gasteiger partial charge is 0.338 e. The molecule has 0 radical (unpaired) electrons. The van der Waals surface area contributed by atoms with E-state index in [0.717, 1.165) is 13.1 Å². The molecule has 0 bridgehead atoms. The van der Waals surface area contributed by atoms with E-state index in [4.69, 9.17) is 0 Å². The highest BCUT2D eigenvalue weighted by Gasteiger charge is 1.97. The van der Waals surface area contributed by atoms with E-state index in [9.17, 15) is 4.79 Å². The van der Waals surface area contributed by atoms with Gasteiger partial charge in [-0.05, 0) is 13.8 Å². The summed E-state index contributed by atoms with van der Waals surface area (Å²) in [6.45, 7) is 5.73. The third kappa shape index (κ3) is 3.87. The van der Waals surface area contributed by atoms with Gasteiger partial charge in [-0.15, -0.1) is 0 Å². The maximum absolute atomic E-state index is 11.0. The van der Waals surface area contributed by atoms with Crippen LogP contribution in [0.5, 0.6) is 0 Å². The van der Waals surface area contributed by atoms with Gasteiger partial charge in [0.2, 0.25) is 0 Å². The van der Waals surface area contributed by atoms with Crippen molar-refractivity contribution >= 4 is 5.91 Å². The third-order valence-electron chi connectivity index (χ3n) is 1.49. The summed E-state index contributed by atoms with van der Waals surface area (Å²) >= 11 is 0. The molecule has 1 amide bonds. The van der Waals surface area contributed by atoms with E-state index < -0.39 is 0 Å². The summed E-state index contributed by atoms with van der Waals surface area (Å²) in [5.41, 5.74) is 0. The van der Waals surface area contributed by atoms with Crippen LogP contribution >= 0.6 is 0 Å². The number of carbonyl (C=O) groups excluding carboxylic acids is 1. The van der Waals surface area contributed by atoms with Crippen LogP contribution in [-0.4, -0.2) is 42.9 Å². The first kappa shape index (κ1) is 10.8. The summed E-state index contributed by atoms with van der Waals surface area (Å²) in [6.07, 6.45) is 0. The van der Waals surface area contributed by atoms with Gasteiger partial charge in [0, 0.05) is 39.1 Å². The summed E-state index contributed by atoms with van der Waals surface area (Å²) in [6, 6.07) is 2.79. The predicted octanol–water partition coefficient (Wildman–Crippen LogP) is 0.377. The molecule has 0 aromatic rings. The molecular formula is C9H16N2O. The van der Waals surface area contributed by atoms with Gasteiger partial charge < -0.3 is 9.80 Å². The van der Waals surface area contributed by atoms with Gasteiger partial charge >= 0.3 is 0 Å². The van der Waals surface area contributed by atoms with E-state index in [2.05, 4.69) is 12.0 Å². The van der Waals surface area contributed by atoms with Crippen molar-refractivity contribution in [2.24, 2.45) is 0 Å². The summed E-state index contributed by atoms with van der Waals surface area (Å²) < 4.78 is 0. The van der Waals surface area contributed by atoms with Crippen LogP contribution in [0.1, 0.15) is 13.8 Å². The Bertz CT molecular complexity index is 196. The standard InChI is InChI=1S/C9H16N2O/c1-5-11(6-2)8-7-9(12)10(3)4/h5-6H2,1-4H3. The second-order valence-corrected chi connectivity index (χ2v) is 2.61. The van der Waals surface area contributed by atoms with Crippen molar-refractivity contribution in [1.29, 1.82) is 0 Å². The number of hydrogen-bond donors (Lipinski definition) is 0. The molecule has 0 unspecified atom stereocenters. The van der Waals surface area contributed by atoms with Crippen LogP contribution in [0.3, 0.4) is 0 Å². The van der Waals surface area contributed by atoms with Crippen molar-refractivity contribution in [2.45, 2.75) is 13.8 Å². The maximum atomic E-state index is 11.0. The molecule has 3 nitrogen and oxygen atoms in total. The zero-order valence-corrected chi connectivity index (χ0v) is 8.22. The lowest BCUT2D eigenvalue weighted by Crippen LogP contribution is -2.21. The lowest BCUT2D eigenvalue weighted by molar-refractivity contribution is -0.122. The van der Waals surface area contributed by atoms with Crippen molar-refractivity contribution in [3.8, 4) is 12.0 Å². The van der Waals surface area contributed by atoms with Gasteiger partial charge in [-0.2, -0.15) is 0 Å². The summed E-state index contributed by atoms with van der Waals surface area (Å²) in [4.78, 5) is 14.4. The van der Waals surface area contributed by atoms with E-state index in [0.29, 0.717) is 0 Å². The Labute approximate surface area is 74.3 Å². The molecule has 0 aromatic heterocycles. The van der Waals surface area contributed by atoms with Gasteiger partial charge in [-0.25, -0.2) is 0 Å². The molecule has 12 heavy (non-hydrogen) atoms. The molecule has 0 saturated heterocycles. The zero-order valence-electron chi connectivity index (χ0n) is 8.22. The molecule has 0 aromatic carbocycles. The molecule has 0 N–H and O–H groups in total. The van der Waals surface area contributed by atoms with Crippen LogP contribution in [-0.2, 0) is 4.79 Å². The molecule has 0 spiro atoms. The Hall–Kier alpha value is -1.17. The highest BCUT2D eigenvalue weighted by molar-refractivity contribution is 5.92. The predicted molar refractivity (Wildman–Crippen MR) is 49.4 cm³/mol. The summed E-state index contributed by atoms with van der Waals surface area (Å²) in [5, 5.41) is 0. The number of rotatable bonds is 2. The molecule has 68 valence electrons. The van der Waals surface area contributed by atoms with E-state index in [1.54, 1.807) is 14.1 Å². The SMILES string of the molecule is CCN(C#CC(=O)N(C)C)CC. The zero-order chi connectivity index (χ0) is 9.56. The van der Waals surface area contributed by atoms with E-state index in [-0.39, 0.29) is 5.91 Å². The van der Waals surface area contributed by atoms with Crippen molar-refractivity contribution in [2.75, 3.05) is 27.2 Å². The first-order valence-corrected chi connectivity index (χ1v) is 4.09. The first-order chi connectivity index (χ1) is 5.61. The quantitative estimate of drug-likeness (QED) is 0.439. The van der Waals surface area contributed by atoms with Crippen molar-refractivity contribution in [3.05, 3.63) is 0 Å². The van der Waals surface area contributed by atoms with Gasteiger partial charge in [0.15, 0.2) is 0 Å². The minimum Gasteiger partial charge on any atom is -0.338 e. The fourth-order valence-corrected chi connectivity index (χ4v) is 0.620. The maximum Gasteiger partial charge on any atom is 0.299 e. The molecular weight excluding hydrogens is 152 g/mol. The van der Waals surface area contributed by atoms with Crippen LogP contribution in [0.25, 0.3) is 0 Å². The highest BCUT2D eigenvalue weighted by Crippen LogP contribution is 1.82. The Morgan fingerprint density at radius 1 is 1.25 bits per heavy atom. The van der Waals surface area contributed by atoms with Gasteiger partial charge in [0.05, 0.1) is 0 Å². The highest BCUT2D eigenvalue weighted by atomic mass is 16.2. The number of nitrogens with zero attached hydrogens (tertiary/aromatic N) is 2. The third-order valence-corrected chi connectivity index (χ3v) is 1.49. The Balaban J connectivity index is 4.09. The smallest absolute Gasteiger partial charge is 0.299 e. The van der Waals surface area contributed by atoms with E-state index in [1.807, 2.05) is 18.7 Å². The first-order valence-electron chi connectivity index (χ1n) is 4.09. The van der Waals surface area contributed by atoms with Crippen molar-refractivity contribution < 1.29 is 4.79 Å². The van der Waals surface area contributed by atoms with E-state index in [1.165, 1.54) is 4.90 Å². The van der Waals surface area contributed by atoms with Crippen LogP contribution < -0.4 is 0 Å². The van der Waals surface area contributed by atoms with Crippen LogP contribution in [0.15, 0.2) is 0 Å². The molecule has 0 aliphatic carbocycles. The minimum absolute atomic E-state index is 0.151. The number of amides is 1. The molecule has 0 rings (SSSR count). The van der Waals surface area contributed by atoms with Gasteiger partial charge in [-0.1, -0.05) is 0 Å². The Morgan fingerprint density at radius 3 is 2.08 bits per heavy atom. The molecule has 0 aliphatic rings. The fraction of sp³-hybridized carbons (Fsp3) is 0.667. The number of carbonyl (C=O) groups is 1. The second kappa shape index (κ2) is 5.48. The lowest BCUT2D eigenvalue weighted by Gasteiger charge is -2.10. The summed E-state index contributed by atoms with van der Waals surface area (Å²) in [5.74, 6) is 2.40. The molecule has 0 fully saturated rings. The molecule has 0 saturated carbocycles. The van der Waals surface area contributed by atoms with Crippen LogP contribution in [0, 0.1) is 12.0 Å². The molecule has 0 aliphatic heterocycles.